The molecule has 1 saturated carbocycles. The predicted octanol–water partition coefficient (Wildman–Crippen LogP) is 2.36. The molecule has 1 fully saturated rings. The van der Waals surface area contributed by atoms with Gasteiger partial charge >= 0.3 is 0 Å². The molecule has 1 aliphatic carbocycles. The van der Waals surface area contributed by atoms with Gasteiger partial charge in [-0.3, -0.25) is 9.97 Å². The number of nitrogens with zero attached hydrogens (tertiary/aromatic N) is 2. The van der Waals surface area contributed by atoms with E-state index in [1.807, 2.05) is 18.3 Å². The van der Waals surface area contributed by atoms with E-state index >= 15 is 0 Å². The van der Waals surface area contributed by atoms with Gasteiger partial charge in [-0.25, -0.2) is 0 Å². The summed E-state index contributed by atoms with van der Waals surface area (Å²) < 4.78 is 5.67. The summed E-state index contributed by atoms with van der Waals surface area (Å²) in [6, 6.07) is 5.54. The molecule has 1 N–H and O–H groups in total. The van der Waals surface area contributed by atoms with Gasteiger partial charge in [0.2, 0.25) is 0 Å². The third-order valence-electron chi connectivity index (χ3n) is 3.19. The Morgan fingerprint density at radius 3 is 3.00 bits per heavy atom. The van der Waals surface area contributed by atoms with E-state index in [9.17, 15) is 5.11 Å². The topological polar surface area (TPSA) is 55.2 Å². The van der Waals surface area contributed by atoms with Crippen molar-refractivity contribution in [3.05, 3.63) is 48.5 Å². The molecule has 0 aliphatic heterocycles. The largest absolute Gasteiger partial charge is 0.506 e. The number of pyridine rings is 2. The zero-order valence-corrected chi connectivity index (χ0v) is 9.86. The smallest absolute Gasteiger partial charge is 0.137 e. The highest BCUT2D eigenvalue weighted by Gasteiger charge is 2.39. The quantitative estimate of drug-likeness (QED) is 0.894. The minimum atomic E-state index is 0.228. The van der Waals surface area contributed by atoms with Gasteiger partial charge in [-0.1, -0.05) is 0 Å². The second-order valence-electron chi connectivity index (χ2n) is 4.58. The maximum absolute atomic E-state index is 9.38. The first-order chi connectivity index (χ1) is 8.83. The van der Waals surface area contributed by atoms with E-state index in [-0.39, 0.29) is 5.75 Å². The van der Waals surface area contributed by atoms with Gasteiger partial charge in [-0.2, -0.15) is 0 Å². The number of hydrogen-bond acceptors (Lipinski definition) is 4. The lowest BCUT2D eigenvalue weighted by Crippen LogP contribution is -2.01. The van der Waals surface area contributed by atoms with Gasteiger partial charge in [0.1, 0.15) is 11.5 Å². The third-order valence-corrected chi connectivity index (χ3v) is 3.19. The molecule has 0 amide bonds. The van der Waals surface area contributed by atoms with Crippen LogP contribution in [0.25, 0.3) is 0 Å². The molecule has 4 nitrogen and oxygen atoms in total. The highest BCUT2D eigenvalue weighted by molar-refractivity contribution is 5.29. The Bertz CT molecular complexity index is 530. The average Bonchev–Trinajstić information content (AvgIpc) is 3.17. The number of rotatable bonds is 4. The van der Waals surface area contributed by atoms with Crippen LogP contribution in [0.2, 0.25) is 0 Å². The molecule has 0 aromatic carbocycles. The van der Waals surface area contributed by atoms with Crippen molar-refractivity contribution in [3.63, 3.8) is 0 Å². The van der Waals surface area contributed by atoms with E-state index in [1.54, 1.807) is 18.5 Å². The second-order valence-corrected chi connectivity index (χ2v) is 4.58. The molecule has 2 heterocycles. The Kier molecular flexibility index (Phi) is 2.84. The molecule has 4 heteroatoms. The van der Waals surface area contributed by atoms with E-state index < -0.39 is 0 Å². The van der Waals surface area contributed by atoms with Crippen molar-refractivity contribution >= 4 is 0 Å². The minimum absolute atomic E-state index is 0.228. The zero-order chi connectivity index (χ0) is 12.4. The zero-order valence-electron chi connectivity index (χ0n) is 9.86. The molecular formula is C14H14N2O2. The molecule has 2 aromatic heterocycles. The Morgan fingerprint density at radius 2 is 2.22 bits per heavy atom. The van der Waals surface area contributed by atoms with Crippen molar-refractivity contribution in [3.8, 4) is 11.5 Å². The SMILES string of the molecule is Oc1cncc([C@H]2C[C@H]2COc2cccnc2)c1. The van der Waals surface area contributed by atoms with Crippen molar-refractivity contribution in [2.45, 2.75) is 12.3 Å². The van der Waals surface area contributed by atoms with Crippen LogP contribution in [0.4, 0.5) is 0 Å². The minimum Gasteiger partial charge on any atom is -0.506 e. The fourth-order valence-electron chi connectivity index (χ4n) is 2.12. The molecule has 92 valence electrons. The fourth-order valence-corrected chi connectivity index (χ4v) is 2.12. The summed E-state index contributed by atoms with van der Waals surface area (Å²) in [5, 5.41) is 9.38. The number of aromatic nitrogens is 2. The van der Waals surface area contributed by atoms with Gasteiger partial charge in [0, 0.05) is 18.3 Å². The number of aromatic hydroxyl groups is 1. The van der Waals surface area contributed by atoms with E-state index in [1.165, 1.54) is 6.20 Å². The average molecular weight is 242 g/mol. The molecule has 0 saturated heterocycles. The van der Waals surface area contributed by atoms with Gasteiger partial charge in [0.25, 0.3) is 0 Å². The normalized spacial score (nSPS) is 21.6. The lowest BCUT2D eigenvalue weighted by atomic mass is 10.1. The van der Waals surface area contributed by atoms with Gasteiger partial charge in [-0.05, 0) is 36.1 Å². The molecule has 2 atom stereocenters. The van der Waals surface area contributed by atoms with Crippen LogP contribution in [0.15, 0.2) is 43.0 Å². The molecule has 0 radical (unpaired) electrons. The summed E-state index contributed by atoms with van der Waals surface area (Å²) in [7, 11) is 0. The summed E-state index contributed by atoms with van der Waals surface area (Å²) in [5.74, 6) is 2.00. The van der Waals surface area contributed by atoms with Crippen molar-refractivity contribution in [1.82, 2.24) is 9.97 Å². The van der Waals surface area contributed by atoms with Crippen molar-refractivity contribution < 1.29 is 9.84 Å². The van der Waals surface area contributed by atoms with Crippen LogP contribution < -0.4 is 4.74 Å². The molecule has 1 aliphatic rings. The van der Waals surface area contributed by atoms with Gasteiger partial charge in [0.05, 0.1) is 19.0 Å². The van der Waals surface area contributed by atoms with Crippen LogP contribution in [0, 0.1) is 5.92 Å². The molecule has 0 spiro atoms. The van der Waals surface area contributed by atoms with Crippen LogP contribution in [-0.2, 0) is 0 Å². The van der Waals surface area contributed by atoms with Crippen LogP contribution >= 0.6 is 0 Å². The second kappa shape index (κ2) is 4.64. The predicted molar refractivity (Wildman–Crippen MR) is 66.5 cm³/mol. The highest BCUT2D eigenvalue weighted by atomic mass is 16.5. The monoisotopic (exact) mass is 242 g/mol. The lowest BCUT2D eigenvalue weighted by Gasteiger charge is -2.05. The summed E-state index contributed by atoms with van der Waals surface area (Å²) in [6.45, 7) is 0.687. The maximum atomic E-state index is 9.38. The third kappa shape index (κ3) is 2.42. The molecule has 3 rings (SSSR count). The summed E-state index contributed by atoms with van der Waals surface area (Å²) in [5.41, 5.74) is 1.09. The van der Waals surface area contributed by atoms with Crippen LogP contribution in [0.1, 0.15) is 17.9 Å². The van der Waals surface area contributed by atoms with Crippen molar-refractivity contribution in [2.75, 3.05) is 6.61 Å². The Balaban J connectivity index is 1.56. The molecule has 0 unspecified atom stereocenters. The van der Waals surface area contributed by atoms with Gasteiger partial charge in [-0.15, -0.1) is 0 Å². The first-order valence-corrected chi connectivity index (χ1v) is 5.99. The van der Waals surface area contributed by atoms with E-state index in [0.29, 0.717) is 18.4 Å². The first kappa shape index (κ1) is 11.0. The fraction of sp³-hybridized carbons (Fsp3) is 0.286. The first-order valence-electron chi connectivity index (χ1n) is 5.99. The van der Waals surface area contributed by atoms with Crippen LogP contribution in [-0.4, -0.2) is 21.7 Å². The number of hydrogen-bond donors (Lipinski definition) is 1. The Labute approximate surface area is 105 Å². The highest BCUT2D eigenvalue weighted by Crippen LogP contribution is 2.47. The van der Waals surface area contributed by atoms with E-state index in [4.69, 9.17) is 4.74 Å². The summed E-state index contributed by atoms with van der Waals surface area (Å²) >= 11 is 0. The molecule has 0 bridgehead atoms. The maximum Gasteiger partial charge on any atom is 0.137 e. The molecule has 2 aromatic rings. The van der Waals surface area contributed by atoms with Gasteiger partial charge < -0.3 is 9.84 Å². The lowest BCUT2D eigenvalue weighted by molar-refractivity contribution is 0.295. The molecular weight excluding hydrogens is 228 g/mol. The van der Waals surface area contributed by atoms with E-state index in [0.717, 1.165) is 17.7 Å². The van der Waals surface area contributed by atoms with Gasteiger partial charge in [0.15, 0.2) is 0 Å². The van der Waals surface area contributed by atoms with Crippen LogP contribution in [0.3, 0.4) is 0 Å². The number of ether oxygens (including phenoxy) is 1. The molecule has 18 heavy (non-hydrogen) atoms. The van der Waals surface area contributed by atoms with Crippen molar-refractivity contribution in [2.24, 2.45) is 5.92 Å². The Hall–Kier alpha value is -2.10. The summed E-state index contributed by atoms with van der Waals surface area (Å²) in [4.78, 5) is 8.00. The van der Waals surface area contributed by atoms with E-state index in [2.05, 4.69) is 9.97 Å². The standard InChI is InChI=1S/C14H14N2O2/c17-12-4-10(6-16-7-12)14-5-11(14)9-18-13-2-1-3-15-8-13/h1-4,6-8,11,14,17H,5,9H2/t11-,14+/m0/s1. The Morgan fingerprint density at radius 1 is 1.28 bits per heavy atom. The van der Waals surface area contributed by atoms with Crippen LogP contribution in [0.5, 0.6) is 11.5 Å². The van der Waals surface area contributed by atoms with Crippen molar-refractivity contribution in [1.29, 1.82) is 0 Å². The summed E-state index contributed by atoms with van der Waals surface area (Å²) in [6.07, 6.45) is 7.80.